The smallest absolute Gasteiger partial charge is 0.356 e. The molecule has 0 atom stereocenters. The second kappa shape index (κ2) is 5.27. The average molecular weight is 330 g/mol. The zero-order valence-corrected chi connectivity index (χ0v) is 10.8. The molecule has 0 aliphatic rings. The molecule has 0 saturated heterocycles. The van der Waals surface area contributed by atoms with Gasteiger partial charge in [0.15, 0.2) is 5.69 Å². The fraction of sp³-hybridized carbons (Fsp3) is 0. The number of halogens is 3. The largest absolute Gasteiger partial charge is 0.476 e. The molecule has 1 aromatic heterocycles. The van der Waals surface area contributed by atoms with Gasteiger partial charge in [-0.3, -0.25) is 4.98 Å². The molecule has 0 spiro atoms. The monoisotopic (exact) mass is 329 g/mol. The van der Waals surface area contributed by atoms with Crippen LogP contribution < -0.4 is 5.32 Å². The quantitative estimate of drug-likeness (QED) is 0.847. The van der Waals surface area contributed by atoms with Gasteiger partial charge in [0.2, 0.25) is 0 Å². The summed E-state index contributed by atoms with van der Waals surface area (Å²) in [6, 6.07) is 1.88. The van der Waals surface area contributed by atoms with E-state index in [2.05, 4.69) is 31.2 Å². The highest BCUT2D eigenvalue weighted by atomic mass is 79.9. The molecular formula is C11H6BrF2N3O2. The lowest BCUT2D eigenvalue weighted by atomic mass is 10.3. The van der Waals surface area contributed by atoms with Gasteiger partial charge in [-0.15, -0.1) is 0 Å². The van der Waals surface area contributed by atoms with Gasteiger partial charge in [-0.05, 0) is 22.0 Å². The topological polar surface area (TPSA) is 75.1 Å². The predicted molar refractivity (Wildman–Crippen MR) is 66.3 cm³/mol. The number of hydrogen-bond acceptors (Lipinski definition) is 4. The maximum atomic E-state index is 13.6. The summed E-state index contributed by atoms with van der Waals surface area (Å²) in [6.07, 6.45) is 2.25. The van der Waals surface area contributed by atoms with E-state index in [1.54, 1.807) is 0 Å². The molecule has 0 fully saturated rings. The van der Waals surface area contributed by atoms with Crippen molar-refractivity contribution in [2.45, 2.75) is 0 Å². The lowest BCUT2D eigenvalue weighted by Gasteiger charge is -2.07. The van der Waals surface area contributed by atoms with E-state index in [4.69, 9.17) is 5.11 Å². The maximum Gasteiger partial charge on any atom is 0.356 e. The molecule has 0 radical (unpaired) electrons. The molecule has 1 aromatic carbocycles. The van der Waals surface area contributed by atoms with Crippen LogP contribution >= 0.6 is 15.9 Å². The van der Waals surface area contributed by atoms with Gasteiger partial charge in [-0.1, -0.05) is 0 Å². The Kier molecular flexibility index (Phi) is 3.70. The standard InChI is InChI=1S/C11H6BrF2N3O2/c12-5-1-7(14)8(2-6(5)13)16-10-4-15-3-9(17-10)11(18)19/h1-4H,(H,16,17)(H,18,19). The Hall–Kier alpha value is -2.09. The summed E-state index contributed by atoms with van der Waals surface area (Å²) < 4.78 is 26.8. The van der Waals surface area contributed by atoms with Crippen LogP contribution in [0.3, 0.4) is 0 Å². The summed E-state index contributed by atoms with van der Waals surface area (Å²) in [6.45, 7) is 0. The van der Waals surface area contributed by atoms with Gasteiger partial charge in [0, 0.05) is 6.07 Å². The van der Waals surface area contributed by atoms with Crippen LogP contribution in [-0.4, -0.2) is 21.0 Å². The zero-order chi connectivity index (χ0) is 14.0. The SMILES string of the molecule is O=C(O)c1cncc(Nc2cc(F)c(Br)cc2F)n1. The summed E-state index contributed by atoms with van der Waals surface area (Å²) in [5.74, 6) is -2.64. The molecule has 98 valence electrons. The first-order valence-corrected chi connectivity index (χ1v) is 5.73. The van der Waals surface area contributed by atoms with Crippen molar-refractivity contribution in [3.63, 3.8) is 0 Å². The number of carbonyl (C=O) groups is 1. The van der Waals surface area contributed by atoms with Crippen molar-refractivity contribution in [3.8, 4) is 0 Å². The third kappa shape index (κ3) is 3.02. The summed E-state index contributed by atoms with van der Waals surface area (Å²) in [5, 5.41) is 11.2. The molecular weight excluding hydrogens is 324 g/mol. The number of nitrogens with zero attached hydrogens (tertiary/aromatic N) is 2. The van der Waals surface area contributed by atoms with Crippen LogP contribution in [0.15, 0.2) is 29.0 Å². The predicted octanol–water partition coefficient (Wildman–Crippen LogP) is 2.96. The van der Waals surface area contributed by atoms with Crippen LogP contribution in [0.2, 0.25) is 0 Å². The van der Waals surface area contributed by atoms with Crippen molar-refractivity contribution < 1.29 is 18.7 Å². The molecule has 8 heteroatoms. The Bertz CT molecular complexity index is 652. The molecule has 0 aliphatic carbocycles. The number of aromatic carboxylic acids is 1. The van der Waals surface area contributed by atoms with Gasteiger partial charge >= 0.3 is 5.97 Å². The number of carboxylic acid groups (broad SMARTS) is 1. The third-order valence-electron chi connectivity index (χ3n) is 2.13. The van der Waals surface area contributed by atoms with Gasteiger partial charge < -0.3 is 10.4 Å². The van der Waals surface area contributed by atoms with Crippen LogP contribution in [0.25, 0.3) is 0 Å². The highest BCUT2D eigenvalue weighted by molar-refractivity contribution is 9.10. The van der Waals surface area contributed by atoms with Gasteiger partial charge in [0.1, 0.15) is 17.5 Å². The number of benzene rings is 1. The Balaban J connectivity index is 2.33. The second-order valence-electron chi connectivity index (χ2n) is 3.47. The molecule has 5 nitrogen and oxygen atoms in total. The van der Waals surface area contributed by atoms with Crippen molar-refractivity contribution in [3.05, 3.63) is 46.3 Å². The highest BCUT2D eigenvalue weighted by Crippen LogP contribution is 2.25. The number of anilines is 2. The minimum atomic E-state index is -1.27. The van der Waals surface area contributed by atoms with Crippen LogP contribution in [0.4, 0.5) is 20.3 Å². The van der Waals surface area contributed by atoms with E-state index in [0.29, 0.717) is 0 Å². The van der Waals surface area contributed by atoms with Crippen LogP contribution in [0.1, 0.15) is 10.5 Å². The van der Waals surface area contributed by atoms with E-state index in [-0.39, 0.29) is 21.7 Å². The Labute approximate surface area is 114 Å². The number of rotatable bonds is 3. The van der Waals surface area contributed by atoms with Gasteiger partial charge in [0.05, 0.1) is 22.6 Å². The summed E-state index contributed by atoms with van der Waals surface area (Å²) in [5.41, 5.74) is -0.472. The van der Waals surface area contributed by atoms with Crippen molar-refractivity contribution in [1.82, 2.24) is 9.97 Å². The molecule has 19 heavy (non-hydrogen) atoms. The second-order valence-corrected chi connectivity index (χ2v) is 4.32. The molecule has 2 aromatic rings. The van der Waals surface area contributed by atoms with Gasteiger partial charge in [0.25, 0.3) is 0 Å². The molecule has 0 unspecified atom stereocenters. The van der Waals surface area contributed by atoms with E-state index >= 15 is 0 Å². The molecule has 0 saturated carbocycles. The number of aromatic nitrogens is 2. The lowest BCUT2D eigenvalue weighted by Crippen LogP contribution is -2.05. The fourth-order valence-electron chi connectivity index (χ4n) is 1.29. The zero-order valence-electron chi connectivity index (χ0n) is 9.19. The van der Waals surface area contributed by atoms with Crippen molar-refractivity contribution >= 4 is 33.4 Å². The van der Waals surface area contributed by atoms with E-state index in [1.807, 2.05) is 0 Å². The highest BCUT2D eigenvalue weighted by Gasteiger charge is 2.11. The first-order chi connectivity index (χ1) is 8.97. The van der Waals surface area contributed by atoms with Crippen LogP contribution in [-0.2, 0) is 0 Å². The molecule has 0 aliphatic heterocycles. The van der Waals surface area contributed by atoms with Gasteiger partial charge in [-0.2, -0.15) is 0 Å². The molecule has 0 amide bonds. The molecule has 0 bridgehead atoms. The minimum Gasteiger partial charge on any atom is -0.476 e. The first kappa shape index (κ1) is 13.3. The van der Waals surface area contributed by atoms with Crippen LogP contribution in [0, 0.1) is 11.6 Å². The third-order valence-corrected chi connectivity index (χ3v) is 2.73. The Morgan fingerprint density at radius 1 is 1.26 bits per heavy atom. The first-order valence-electron chi connectivity index (χ1n) is 4.94. The van der Waals surface area contributed by atoms with Gasteiger partial charge in [-0.25, -0.2) is 18.6 Å². The van der Waals surface area contributed by atoms with E-state index in [1.165, 1.54) is 6.20 Å². The number of carboxylic acids is 1. The minimum absolute atomic E-state index is 0.000484. The molecule has 2 N–H and O–H groups in total. The lowest BCUT2D eigenvalue weighted by molar-refractivity contribution is 0.0690. The summed E-state index contributed by atoms with van der Waals surface area (Å²) in [4.78, 5) is 18.0. The van der Waals surface area contributed by atoms with E-state index in [0.717, 1.165) is 18.3 Å². The summed E-state index contributed by atoms with van der Waals surface area (Å²) >= 11 is 2.85. The number of hydrogen-bond donors (Lipinski definition) is 2. The molecule has 2 rings (SSSR count). The Morgan fingerprint density at radius 3 is 2.68 bits per heavy atom. The normalized spacial score (nSPS) is 10.3. The fourth-order valence-corrected chi connectivity index (χ4v) is 1.60. The van der Waals surface area contributed by atoms with Crippen molar-refractivity contribution in [1.29, 1.82) is 0 Å². The van der Waals surface area contributed by atoms with E-state index in [9.17, 15) is 13.6 Å². The number of nitrogens with one attached hydrogen (secondary N) is 1. The van der Waals surface area contributed by atoms with Crippen molar-refractivity contribution in [2.75, 3.05) is 5.32 Å². The maximum absolute atomic E-state index is 13.6. The van der Waals surface area contributed by atoms with E-state index < -0.39 is 17.6 Å². The van der Waals surface area contributed by atoms with Crippen molar-refractivity contribution in [2.24, 2.45) is 0 Å². The van der Waals surface area contributed by atoms with Crippen LogP contribution in [0.5, 0.6) is 0 Å². The summed E-state index contributed by atoms with van der Waals surface area (Å²) in [7, 11) is 0. The Morgan fingerprint density at radius 2 is 2.00 bits per heavy atom. The average Bonchev–Trinajstić information content (AvgIpc) is 2.36. The molecule has 1 heterocycles.